The summed E-state index contributed by atoms with van der Waals surface area (Å²) in [6, 6.07) is 32.1. The lowest BCUT2D eigenvalue weighted by Gasteiger charge is -2.15. The zero-order chi connectivity index (χ0) is 21.6. The molecule has 0 aliphatic carbocycles. The van der Waals surface area contributed by atoms with E-state index >= 15 is 0 Å². The maximum atomic E-state index is 5.00. The second kappa shape index (κ2) is 9.77. The van der Waals surface area contributed by atoms with Gasteiger partial charge in [0.25, 0.3) is 0 Å². The standard InChI is InChI=1S/C26H18N4S2/c1-3-11-19(12-4-1)23-25(31-21-15-7-9-17-27-21)29-24(20-13-5-2-6-14-20)30-26(23)32-22-16-8-10-18-28-22/h1-18H. The molecule has 0 aliphatic rings. The predicted molar refractivity (Wildman–Crippen MR) is 130 cm³/mol. The molecule has 0 N–H and O–H groups in total. The van der Waals surface area contributed by atoms with Crippen LogP contribution in [0, 0.1) is 0 Å². The summed E-state index contributed by atoms with van der Waals surface area (Å²) < 4.78 is 0. The van der Waals surface area contributed by atoms with Gasteiger partial charge in [0.05, 0.1) is 0 Å². The predicted octanol–water partition coefficient (Wildman–Crippen LogP) is 6.90. The van der Waals surface area contributed by atoms with Gasteiger partial charge in [0, 0.05) is 23.5 Å². The molecular formula is C26H18N4S2. The molecule has 0 spiro atoms. The fourth-order valence-electron chi connectivity index (χ4n) is 3.15. The molecule has 0 saturated carbocycles. The molecule has 0 bridgehead atoms. The Morgan fingerprint density at radius 3 is 1.41 bits per heavy atom. The smallest absolute Gasteiger partial charge is 0.161 e. The summed E-state index contributed by atoms with van der Waals surface area (Å²) in [6.45, 7) is 0. The molecule has 0 radical (unpaired) electrons. The summed E-state index contributed by atoms with van der Waals surface area (Å²) in [7, 11) is 0. The lowest BCUT2D eigenvalue weighted by molar-refractivity contribution is 0.975. The fourth-order valence-corrected chi connectivity index (χ4v) is 5.03. The van der Waals surface area contributed by atoms with E-state index in [4.69, 9.17) is 9.97 Å². The second-order valence-corrected chi connectivity index (χ2v) is 8.82. The van der Waals surface area contributed by atoms with E-state index in [0.717, 1.165) is 36.8 Å². The highest BCUT2D eigenvalue weighted by Crippen LogP contribution is 2.42. The van der Waals surface area contributed by atoms with E-state index in [-0.39, 0.29) is 0 Å². The van der Waals surface area contributed by atoms with Crippen LogP contribution in [0.4, 0.5) is 0 Å². The van der Waals surface area contributed by atoms with Gasteiger partial charge in [0.15, 0.2) is 5.82 Å². The molecule has 0 unspecified atom stereocenters. The minimum absolute atomic E-state index is 0.683. The Bertz CT molecular complexity index is 1240. The van der Waals surface area contributed by atoms with Crippen molar-refractivity contribution in [1.29, 1.82) is 0 Å². The highest BCUT2D eigenvalue weighted by Gasteiger charge is 2.20. The summed E-state index contributed by atoms with van der Waals surface area (Å²) in [6.07, 6.45) is 3.60. The summed E-state index contributed by atoms with van der Waals surface area (Å²) in [5.41, 5.74) is 3.01. The molecule has 6 heteroatoms. The van der Waals surface area contributed by atoms with Crippen LogP contribution in [0.15, 0.2) is 130 Å². The second-order valence-electron chi connectivity index (χ2n) is 6.80. The molecule has 3 heterocycles. The molecule has 2 aromatic carbocycles. The van der Waals surface area contributed by atoms with Gasteiger partial charge in [-0.05, 0) is 53.4 Å². The van der Waals surface area contributed by atoms with Crippen molar-refractivity contribution in [1.82, 2.24) is 19.9 Å². The Balaban J connectivity index is 1.72. The first-order valence-electron chi connectivity index (χ1n) is 10.1. The van der Waals surface area contributed by atoms with E-state index < -0.39 is 0 Å². The molecule has 0 atom stereocenters. The summed E-state index contributed by atoms with van der Waals surface area (Å²) in [5, 5.41) is 3.50. The first kappa shape index (κ1) is 20.4. The van der Waals surface area contributed by atoms with Crippen molar-refractivity contribution in [3.8, 4) is 22.5 Å². The Morgan fingerprint density at radius 1 is 0.469 bits per heavy atom. The minimum atomic E-state index is 0.683. The van der Waals surface area contributed by atoms with Gasteiger partial charge in [0.1, 0.15) is 20.1 Å². The van der Waals surface area contributed by atoms with Crippen LogP contribution in [-0.4, -0.2) is 19.9 Å². The average Bonchev–Trinajstić information content (AvgIpc) is 2.86. The van der Waals surface area contributed by atoms with Crippen molar-refractivity contribution in [2.45, 2.75) is 20.1 Å². The third-order valence-electron chi connectivity index (χ3n) is 4.62. The van der Waals surface area contributed by atoms with E-state index in [2.05, 4.69) is 22.1 Å². The number of benzene rings is 2. The number of aromatic nitrogens is 4. The molecule has 32 heavy (non-hydrogen) atoms. The van der Waals surface area contributed by atoms with E-state index in [1.54, 1.807) is 35.9 Å². The molecule has 3 aromatic heterocycles. The van der Waals surface area contributed by atoms with E-state index in [0.29, 0.717) is 5.82 Å². The van der Waals surface area contributed by atoms with Crippen molar-refractivity contribution >= 4 is 23.5 Å². The topological polar surface area (TPSA) is 51.6 Å². The molecule has 5 aromatic rings. The first-order chi connectivity index (χ1) is 15.9. The van der Waals surface area contributed by atoms with Crippen molar-refractivity contribution in [3.05, 3.63) is 109 Å². The normalized spacial score (nSPS) is 10.8. The van der Waals surface area contributed by atoms with E-state index in [1.165, 1.54) is 0 Å². The Labute approximate surface area is 195 Å². The van der Waals surface area contributed by atoms with Crippen LogP contribution in [0.3, 0.4) is 0 Å². The van der Waals surface area contributed by atoms with Crippen molar-refractivity contribution < 1.29 is 0 Å². The van der Waals surface area contributed by atoms with Crippen molar-refractivity contribution in [2.75, 3.05) is 0 Å². The maximum Gasteiger partial charge on any atom is 0.161 e. The van der Waals surface area contributed by atoms with Gasteiger partial charge < -0.3 is 0 Å². The SMILES string of the molecule is c1ccc(-c2nc(Sc3ccccn3)c(-c3ccccc3)c(Sc3ccccn3)n2)cc1. The number of hydrogen-bond acceptors (Lipinski definition) is 6. The zero-order valence-electron chi connectivity index (χ0n) is 17.0. The Hall–Kier alpha value is -3.48. The molecular weight excluding hydrogens is 432 g/mol. The van der Waals surface area contributed by atoms with Crippen LogP contribution < -0.4 is 0 Å². The van der Waals surface area contributed by atoms with Crippen molar-refractivity contribution in [3.63, 3.8) is 0 Å². The summed E-state index contributed by atoms with van der Waals surface area (Å²) >= 11 is 3.09. The van der Waals surface area contributed by atoms with Crippen LogP contribution in [0.5, 0.6) is 0 Å². The number of hydrogen-bond donors (Lipinski definition) is 0. The highest BCUT2D eigenvalue weighted by atomic mass is 32.2. The van der Waals surface area contributed by atoms with E-state index in [9.17, 15) is 0 Å². The molecule has 0 aliphatic heterocycles. The summed E-state index contributed by atoms with van der Waals surface area (Å²) in [4.78, 5) is 19.0. The first-order valence-corrected chi connectivity index (χ1v) is 11.7. The summed E-state index contributed by atoms with van der Waals surface area (Å²) in [5.74, 6) is 0.683. The van der Waals surface area contributed by atoms with Gasteiger partial charge in [-0.3, -0.25) is 0 Å². The number of nitrogens with zero attached hydrogens (tertiary/aromatic N) is 4. The minimum Gasteiger partial charge on any atom is -0.250 e. The third kappa shape index (κ3) is 4.72. The van der Waals surface area contributed by atoms with Gasteiger partial charge in [-0.2, -0.15) is 0 Å². The third-order valence-corrected chi connectivity index (χ3v) is 6.49. The number of pyridine rings is 2. The molecule has 4 nitrogen and oxygen atoms in total. The monoisotopic (exact) mass is 450 g/mol. The molecule has 5 rings (SSSR count). The Kier molecular flexibility index (Phi) is 6.23. The van der Waals surface area contributed by atoms with Gasteiger partial charge in [-0.15, -0.1) is 0 Å². The number of rotatable bonds is 6. The van der Waals surface area contributed by atoms with Gasteiger partial charge in [-0.1, -0.05) is 72.8 Å². The van der Waals surface area contributed by atoms with Crippen LogP contribution in [0.25, 0.3) is 22.5 Å². The molecule has 0 saturated heterocycles. The van der Waals surface area contributed by atoms with Crippen LogP contribution in [0.2, 0.25) is 0 Å². The zero-order valence-corrected chi connectivity index (χ0v) is 18.6. The van der Waals surface area contributed by atoms with Gasteiger partial charge in [0.2, 0.25) is 0 Å². The van der Waals surface area contributed by atoms with E-state index in [1.807, 2.05) is 84.9 Å². The van der Waals surface area contributed by atoms with Gasteiger partial charge in [-0.25, -0.2) is 19.9 Å². The lowest BCUT2D eigenvalue weighted by Crippen LogP contribution is -1.99. The largest absolute Gasteiger partial charge is 0.250 e. The van der Waals surface area contributed by atoms with Crippen LogP contribution in [0.1, 0.15) is 0 Å². The fraction of sp³-hybridized carbons (Fsp3) is 0. The highest BCUT2D eigenvalue weighted by molar-refractivity contribution is 8.00. The maximum absolute atomic E-state index is 5.00. The van der Waals surface area contributed by atoms with Crippen molar-refractivity contribution in [2.24, 2.45) is 0 Å². The van der Waals surface area contributed by atoms with Gasteiger partial charge >= 0.3 is 0 Å². The van der Waals surface area contributed by atoms with Crippen LogP contribution >= 0.6 is 23.5 Å². The molecule has 154 valence electrons. The average molecular weight is 451 g/mol. The lowest BCUT2D eigenvalue weighted by atomic mass is 10.1. The Morgan fingerprint density at radius 2 is 0.938 bits per heavy atom. The quantitative estimate of drug-likeness (QED) is 0.262. The van der Waals surface area contributed by atoms with Crippen LogP contribution in [-0.2, 0) is 0 Å². The molecule has 0 fully saturated rings. The molecule has 0 amide bonds.